The lowest BCUT2D eigenvalue weighted by Crippen LogP contribution is -2.50. The van der Waals surface area contributed by atoms with Gasteiger partial charge in [0.2, 0.25) is 0 Å². The monoisotopic (exact) mass is 252 g/mol. The third-order valence-electron chi connectivity index (χ3n) is 3.27. The topological polar surface area (TPSA) is 15.3 Å². The molecule has 1 saturated heterocycles. The van der Waals surface area contributed by atoms with Gasteiger partial charge in [-0.15, -0.1) is 0 Å². The predicted octanol–water partition coefficient (Wildman–Crippen LogP) is 2.91. The first-order chi connectivity index (χ1) is 8.28. The molecule has 2 nitrogen and oxygen atoms in total. The summed E-state index contributed by atoms with van der Waals surface area (Å²) in [7, 11) is 0. The maximum absolute atomic E-state index is 6.01. The molecule has 1 aromatic rings. The number of hydrogen-bond donors (Lipinski definition) is 1. The number of benzene rings is 1. The Morgan fingerprint density at radius 3 is 3.12 bits per heavy atom. The van der Waals surface area contributed by atoms with Crippen molar-refractivity contribution in [1.82, 2.24) is 10.2 Å². The zero-order valence-electron chi connectivity index (χ0n) is 10.5. The van der Waals surface area contributed by atoms with Gasteiger partial charge in [-0.2, -0.15) is 0 Å². The standard InChI is InChI=1S/C14H21ClN2/c1-2-4-14-11-17(8-7-16-14)10-12-5-3-6-13(15)9-12/h3,5-6,9,14,16H,2,4,7-8,10-11H2,1H3. The van der Waals surface area contributed by atoms with Crippen LogP contribution in [0.4, 0.5) is 0 Å². The number of hydrogen-bond acceptors (Lipinski definition) is 2. The van der Waals surface area contributed by atoms with Gasteiger partial charge in [-0.05, 0) is 24.1 Å². The van der Waals surface area contributed by atoms with Crippen molar-refractivity contribution in [1.29, 1.82) is 0 Å². The van der Waals surface area contributed by atoms with Crippen LogP contribution in [0.3, 0.4) is 0 Å². The minimum atomic E-state index is 0.660. The zero-order valence-corrected chi connectivity index (χ0v) is 11.2. The zero-order chi connectivity index (χ0) is 12.1. The molecule has 2 rings (SSSR count). The molecule has 3 heteroatoms. The first kappa shape index (κ1) is 12.9. The maximum atomic E-state index is 6.01. The Labute approximate surface area is 109 Å². The lowest BCUT2D eigenvalue weighted by atomic mass is 10.1. The van der Waals surface area contributed by atoms with Crippen LogP contribution in [-0.2, 0) is 6.54 Å². The molecule has 1 unspecified atom stereocenters. The number of rotatable bonds is 4. The van der Waals surface area contributed by atoms with Crippen LogP contribution in [0.25, 0.3) is 0 Å². The fourth-order valence-corrected chi connectivity index (χ4v) is 2.69. The molecule has 1 heterocycles. The summed E-state index contributed by atoms with van der Waals surface area (Å²) in [6, 6.07) is 8.85. The molecule has 0 aromatic heterocycles. The second-order valence-corrected chi connectivity index (χ2v) is 5.24. The van der Waals surface area contributed by atoms with Crippen LogP contribution < -0.4 is 5.32 Å². The lowest BCUT2D eigenvalue weighted by molar-refractivity contribution is 0.187. The molecule has 0 aliphatic carbocycles. The molecule has 1 aliphatic rings. The highest BCUT2D eigenvalue weighted by Gasteiger charge is 2.18. The Balaban J connectivity index is 1.90. The average Bonchev–Trinajstić information content (AvgIpc) is 2.30. The molecule has 1 N–H and O–H groups in total. The third kappa shape index (κ3) is 3.98. The fourth-order valence-electron chi connectivity index (χ4n) is 2.47. The molecule has 1 aliphatic heterocycles. The molecule has 0 saturated carbocycles. The smallest absolute Gasteiger partial charge is 0.0409 e. The summed E-state index contributed by atoms with van der Waals surface area (Å²) in [5.74, 6) is 0. The normalized spacial score (nSPS) is 21.6. The van der Waals surface area contributed by atoms with Gasteiger partial charge in [0.05, 0.1) is 0 Å². The van der Waals surface area contributed by atoms with Crippen LogP contribution in [0.1, 0.15) is 25.3 Å². The molecule has 0 spiro atoms. The summed E-state index contributed by atoms with van der Waals surface area (Å²) in [5, 5.41) is 4.42. The lowest BCUT2D eigenvalue weighted by Gasteiger charge is -2.33. The number of nitrogens with one attached hydrogen (secondary N) is 1. The van der Waals surface area contributed by atoms with E-state index in [1.807, 2.05) is 12.1 Å². The largest absolute Gasteiger partial charge is 0.311 e. The van der Waals surface area contributed by atoms with Gasteiger partial charge in [0.15, 0.2) is 0 Å². The second-order valence-electron chi connectivity index (χ2n) is 4.80. The molecule has 0 radical (unpaired) electrons. The van der Waals surface area contributed by atoms with Crippen molar-refractivity contribution in [3.8, 4) is 0 Å². The Kier molecular flexibility index (Phi) is 4.84. The molecule has 1 fully saturated rings. The first-order valence-corrected chi connectivity index (χ1v) is 6.86. The van der Waals surface area contributed by atoms with E-state index in [-0.39, 0.29) is 0 Å². The van der Waals surface area contributed by atoms with E-state index in [0.29, 0.717) is 6.04 Å². The van der Waals surface area contributed by atoms with Gasteiger partial charge in [0.25, 0.3) is 0 Å². The summed E-state index contributed by atoms with van der Waals surface area (Å²) in [4.78, 5) is 2.52. The number of piperazine rings is 1. The van der Waals surface area contributed by atoms with E-state index in [2.05, 4.69) is 29.3 Å². The molecule has 94 valence electrons. The molecular weight excluding hydrogens is 232 g/mol. The molecule has 17 heavy (non-hydrogen) atoms. The second kappa shape index (κ2) is 6.39. The first-order valence-electron chi connectivity index (χ1n) is 6.48. The van der Waals surface area contributed by atoms with E-state index in [1.54, 1.807) is 0 Å². The van der Waals surface area contributed by atoms with Crippen molar-refractivity contribution in [2.45, 2.75) is 32.4 Å². The molecule has 1 aromatic carbocycles. The van der Waals surface area contributed by atoms with E-state index in [1.165, 1.54) is 18.4 Å². The van der Waals surface area contributed by atoms with E-state index < -0.39 is 0 Å². The summed E-state index contributed by atoms with van der Waals surface area (Å²) in [6.45, 7) is 6.65. The SMILES string of the molecule is CCCC1CN(Cc2cccc(Cl)c2)CCN1. The maximum Gasteiger partial charge on any atom is 0.0409 e. The average molecular weight is 253 g/mol. The van der Waals surface area contributed by atoms with Gasteiger partial charge in [-0.3, -0.25) is 4.90 Å². The van der Waals surface area contributed by atoms with Gasteiger partial charge in [0.1, 0.15) is 0 Å². The Hall–Kier alpha value is -0.570. The highest BCUT2D eigenvalue weighted by molar-refractivity contribution is 6.30. The van der Waals surface area contributed by atoms with Crippen molar-refractivity contribution in [3.63, 3.8) is 0 Å². The number of nitrogens with zero attached hydrogens (tertiary/aromatic N) is 1. The summed E-state index contributed by atoms with van der Waals surface area (Å²) >= 11 is 6.01. The number of halogens is 1. The minimum Gasteiger partial charge on any atom is -0.311 e. The van der Waals surface area contributed by atoms with Crippen molar-refractivity contribution in [2.75, 3.05) is 19.6 Å². The summed E-state index contributed by atoms with van der Waals surface area (Å²) in [6.07, 6.45) is 2.52. The summed E-state index contributed by atoms with van der Waals surface area (Å²) < 4.78 is 0. The van der Waals surface area contributed by atoms with Crippen molar-refractivity contribution in [2.24, 2.45) is 0 Å². The van der Waals surface area contributed by atoms with Crippen molar-refractivity contribution >= 4 is 11.6 Å². The van der Waals surface area contributed by atoms with Crippen LogP contribution in [0.2, 0.25) is 5.02 Å². The molecule has 0 amide bonds. The third-order valence-corrected chi connectivity index (χ3v) is 3.51. The quantitative estimate of drug-likeness (QED) is 0.887. The Bertz CT molecular complexity index is 352. The molecule has 0 bridgehead atoms. The van der Waals surface area contributed by atoms with Crippen molar-refractivity contribution in [3.05, 3.63) is 34.9 Å². The highest BCUT2D eigenvalue weighted by Crippen LogP contribution is 2.14. The van der Waals surface area contributed by atoms with Gasteiger partial charge in [0, 0.05) is 37.2 Å². The van der Waals surface area contributed by atoms with Crippen LogP contribution in [0.15, 0.2) is 24.3 Å². The van der Waals surface area contributed by atoms with Crippen LogP contribution in [0, 0.1) is 0 Å². The summed E-state index contributed by atoms with van der Waals surface area (Å²) in [5.41, 5.74) is 1.31. The van der Waals surface area contributed by atoms with Crippen LogP contribution in [-0.4, -0.2) is 30.6 Å². The van der Waals surface area contributed by atoms with Gasteiger partial charge in [-0.1, -0.05) is 37.1 Å². The predicted molar refractivity (Wildman–Crippen MR) is 73.4 cm³/mol. The molecule has 1 atom stereocenters. The van der Waals surface area contributed by atoms with Gasteiger partial charge in [-0.25, -0.2) is 0 Å². The van der Waals surface area contributed by atoms with E-state index in [0.717, 1.165) is 31.2 Å². The van der Waals surface area contributed by atoms with E-state index in [9.17, 15) is 0 Å². The van der Waals surface area contributed by atoms with Crippen LogP contribution >= 0.6 is 11.6 Å². The molecular formula is C14H21ClN2. The highest BCUT2D eigenvalue weighted by atomic mass is 35.5. The van der Waals surface area contributed by atoms with E-state index >= 15 is 0 Å². The van der Waals surface area contributed by atoms with E-state index in [4.69, 9.17) is 11.6 Å². The Morgan fingerprint density at radius 1 is 1.47 bits per heavy atom. The Morgan fingerprint density at radius 2 is 2.35 bits per heavy atom. The fraction of sp³-hybridized carbons (Fsp3) is 0.571. The van der Waals surface area contributed by atoms with Crippen LogP contribution in [0.5, 0.6) is 0 Å². The minimum absolute atomic E-state index is 0.660. The van der Waals surface area contributed by atoms with Gasteiger partial charge >= 0.3 is 0 Å². The van der Waals surface area contributed by atoms with Gasteiger partial charge < -0.3 is 5.32 Å². The van der Waals surface area contributed by atoms with Crippen molar-refractivity contribution < 1.29 is 0 Å².